The molecule has 0 unspecified atom stereocenters. The van der Waals surface area contributed by atoms with Crippen LogP contribution in [0.5, 0.6) is 0 Å². The Morgan fingerprint density at radius 1 is 1.19 bits per heavy atom. The third-order valence-corrected chi connectivity index (χ3v) is 2.98. The van der Waals surface area contributed by atoms with Crippen molar-refractivity contribution in [2.45, 2.75) is 25.7 Å². The van der Waals surface area contributed by atoms with Crippen LogP contribution in [0.3, 0.4) is 0 Å². The van der Waals surface area contributed by atoms with Crippen LogP contribution in [0.1, 0.15) is 24.3 Å². The number of anilines is 1. The lowest BCUT2D eigenvalue weighted by Crippen LogP contribution is -1.99. The van der Waals surface area contributed by atoms with Gasteiger partial charge in [-0.1, -0.05) is 6.07 Å². The maximum atomic E-state index is 5.78. The molecule has 1 aliphatic rings. The molecule has 0 spiro atoms. The van der Waals surface area contributed by atoms with Crippen LogP contribution in [-0.2, 0) is 12.8 Å². The summed E-state index contributed by atoms with van der Waals surface area (Å²) >= 11 is 0. The number of nitrogens with zero attached hydrogens (tertiary/aromatic N) is 1. The van der Waals surface area contributed by atoms with E-state index in [1.807, 2.05) is 24.3 Å². The van der Waals surface area contributed by atoms with Gasteiger partial charge in [-0.15, -0.1) is 0 Å². The van der Waals surface area contributed by atoms with Gasteiger partial charge in [0.1, 0.15) is 5.76 Å². The monoisotopic (exact) mass is 214 g/mol. The smallest absolute Gasteiger partial charge is 0.226 e. The maximum Gasteiger partial charge on any atom is 0.226 e. The minimum atomic E-state index is 0.708. The van der Waals surface area contributed by atoms with E-state index in [0.29, 0.717) is 5.89 Å². The van der Waals surface area contributed by atoms with E-state index in [9.17, 15) is 0 Å². The molecule has 0 fully saturated rings. The van der Waals surface area contributed by atoms with Crippen LogP contribution in [0.2, 0.25) is 0 Å². The number of nitrogens with two attached hydrogens (primary N) is 1. The fraction of sp³-hybridized carbons (Fsp3) is 0.308. The van der Waals surface area contributed by atoms with E-state index < -0.39 is 0 Å². The fourth-order valence-corrected chi connectivity index (χ4v) is 2.15. The van der Waals surface area contributed by atoms with E-state index in [-0.39, 0.29) is 0 Å². The summed E-state index contributed by atoms with van der Waals surface area (Å²) in [6, 6.07) is 7.67. The second-order valence-electron chi connectivity index (χ2n) is 4.22. The molecule has 0 saturated heterocycles. The van der Waals surface area contributed by atoms with E-state index in [2.05, 4.69) is 4.98 Å². The minimum Gasteiger partial charge on any atom is -0.441 e. The highest BCUT2D eigenvalue weighted by atomic mass is 16.4. The molecule has 0 bridgehead atoms. The summed E-state index contributed by atoms with van der Waals surface area (Å²) < 4.78 is 5.78. The van der Waals surface area contributed by atoms with E-state index >= 15 is 0 Å². The average Bonchev–Trinajstić information content (AvgIpc) is 2.72. The zero-order valence-corrected chi connectivity index (χ0v) is 9.07. The van der Waals surface area contributed by atoms with Crippen molar-refractivity contribution in [3.05, 3.63) is 35.7 Å². The Morgan fingerprint density at radius 3 is 2.88 bits per heavy atom. The lowest BCUT2D eigenvalue weighted by molar-refractivity contribution is 0.487. The minimum absolute atomic E-state index is 0.708. The van der Waals surface area contributed by atoms with Gasteiger partial charge in [-0.25, -0.2) is 4.98 Å². The number of hydrogen-bond donors (Lipinski definition) is 1. The zero-order chi connectivity index (χ0) is 11.0. The van der Waals surface area contributed by atoms with Gasteiger partial charge in [0.25, 0.3) is 0 Å². The fourth-order valence-electron chi connectivity index (χ4n) is 2.15. The summed E-state index contributed by atoms with van der Waals surface area (Å²) in [5, 5.41) is 0. The molecule has 1 aromatic heterocycles. The number of nitrogen functional groups attached to an aromatic ring is 1. The molecule has 2 aromatic rings. The number of aryl methyl sites for hydroxylation is 2. The molecule has 2 N–H and O–H groups in total. The summed E-state index contributed by atoms with van der Waals surface area (Å²) in [6.07, 6.45) is 4.49. The molecule has 1 aromatic carbocycles. The SMILES string of the molecule is Nc1cccc(-c2nc3c(o2)CCCC3)c1. The Kier molecular flexibility index (Phi) is 2.17. The standard InChI is InChI=1S/C13H14N2O/c14-10-5-3-4-9(8-10)13-15-11-6-1-2-7-12(11)16-13/h3-5,8H,1-2,6-7,14H2. The highest BCUT2D eigenvalue weighted by Crippen LogP contribution is 2.27. The molecule has 0 amide bonds. The van der Waals surface area contributed by atoms with Gasteiger partial charge in [-0.2, -0.15) is 0 Å². The molecule has 0 saturated carbocycles. The van der Waals surface area contributed by atoms with Crippen molar-refractivity contribution in [3.63, 3.8) is 0 Å². The molecule has 0 aliphatic heterocycles. The second kappa shape index (κ2) is 3.67. The molecule has 1 heterocycles. The first-order valence-electron chi connectivity index (χ1n) is 5.67. The molecule has 3 rings (SSSR count). The lowest BCUT2D eigenvalue weighted by Gasteiger charge is -2.05. The van der Waals surface area contributed by atoms with Gasteiger partial charge in [0.15, 0.2) is 0 Å². The molecule has 0 atom stereocenters. The van der Waals surface area contributed by atoms with Crippen molar-refractivity contribution >= 4 is 5.69 Å². The molecule has 3 heteroatoms. The molecule has 3 nitrogen and oxygen atoms in total. The maximum absolute atomic E-state index is 5.78. The van der Waals surface area contributed by atoms with Gasteiger partial charge >= 0.3 is 0 Å². The van der Waals surface area contributed by atoms with Crippen molar-refractivity contribution < 1.29 is 4.42 Å². The first-order valence-corrected chi connectivity index (χ1v) is 5.67. The third kappa shape index (κ3) is 1.58. The van der Waals surface area contributed by atoms with Gasteiger partial charge in [-0.05, 0) is 37.5 Å². The highest BCUT2D eigenvalue weighted by molar-refractivity contribution is 5.60. The number of hydrogen-bond acceptors (Lipinski definition) is 3. The molecule has 16 heavy (non-hydrogen) atoms. The van der Waals surface area contributed by atoms with Crippen LogP contribution in [0.25, 0.3) is 11.5 Å². The second-order valence-corrected chi connectivity index (χ2v) is 4.22. The number of aromatic nitrogens is 1. The predicted octanol–water partition coefficient (Wildman–Crippen LogP) is 2.80. The van der Waals surface area contributed by atoms with Crippen LogP contribution < -0.4 is 5.73 Å². The predicted molar refractivity (Wildman–Crippen MR) is 63.0 cm³/mol. The normalized spacial score (nSPS) is 14.8. The van der Waals surface area contributed by atoms with Crippen LogP contribution in [0.15, 0.2) is 28.7 Å². The largest absolute Gasteiger partial charge is 0.441 e. The Morgan fingerprint density at radius 2 is 2.06 bits per heavy atom. The summed E-state index contributed by atoms with van der Waals surface area (Å²) in [6.45, 7) is 0. The van der Waals surface area contributed by atoms with Gasteiger partial charge < -0.3 is 10.2 Å². The summed E-state index contributed by atoms with van der Waals surface area (Å²) in [5.41, 5.74) is 8.59. The number of fused-ring (bicyclic) bond motifs is 1. The zero-order valence-electron chi connectivity index (χ0n) is 9.07. The Bertz CT molecular complexity index is 493. The van der Waals surface area contributed by atoms with Crippen molar-refractivity contribution in [2.24, 2.45) is 0 Å². The van der Waals surface area contributed by atoms with Crippen molar-refractivity contribution in [3.8, 4) is 11.5 Å². The van der Waals surface area contributed by atoms with E-state index in [4.69, 9.17) is 10.2 Å². The first-order chi connectivity index (χ1) is 7.83. The molecule has 82 valence electrons. The molecular formula is C13H14N2O. The number of rotatable bonds is 1. The topological polar surface area (TPSA) is 52.0 Å². The highest BCUT2D eigenvalue weighted by Gasteiger charge is 2.17. The summed E-state index contributed by atoms with van der Waals surface area (Å²) in [4.78, 5) is 4.54. The van der Waals surface area contributed by atoms with Crippen molar-refractivity contribution in [1.29, 1.82) is 0 Å². The number of oxazole rings is 1. The number of benzene rings is 1. The van der Waals surface area contributed by atoms with Crippen LogP contribution in [0, 0.1) is 0 Å². The summed E-state index contributed by atoms with van der Waals surface area (Å²) in [5.74, 6) is 1.77. The first kappa shape index (κ1) is 9.46. The van der Waals surface area contributed by atoms with Crippen LogP contribution in [-0.4, -0.2) is 4.98 Å². The summed E-state index contributed by atoms with van der Waals surface area (Å²) in [7, 11) is 0. The molecular weight excluding hydrogens is 200 g/mol. The lowest BCUT2D eigenvalue weighted by atomic mass is 10.0. The van der Waals surface area contributed by atoms with Gasteiger partial charge in [0.2, 0.25) is 5.89 Å². The Balaban J connectivity index is 2.03. The van der Waals surface area contributed by atoms with Crippen molar-refractivity contribution in [1.82, 2.24) is 4.98 Å². The third-order valence-electron chi connectivity index (χ3n) is 2.98. The van der Waals surface area contributed by atoms with Crippen molar-refractivity contribution in [2.75, 3.05) is 5.73 Å². The van der Waals surface area contributed by atoms with E-state index in [1.165, 1.54) is 12.8 Å². The Labute approximate surface area is 94.3 Å². The van der Waals surface area contributed by atoms with Crippen LogP contribution in [0.4, 0.5) is 5.69 Å². The molecule has 1 aliphatic carbocycles. The molecule has 0 radical (unpaired) electrons. The van der Waals surface area contributed by atoms with Gasteiger partial charge in [-0.3, -0.25) is 0 Å². The Hall–Kier alpha value is -1.77. The van der Waals surface area contributed by atoms with E-state index in [0.717, 1.165) is 35.5 Å². The average molecular weight is 214 g/mol. The quantitative estimate of drug-likeness (QED) is 0.742. The van der Waals surface area contributed by atoms with Gasteiger partial charge in [0, 0.05) is 17.7 Å². The van der Waals surface area contributed by atoms with E-state index in [1.54, 1.807) is 0 Å². The van der Waals surface area contributed by atoms with Crippen LogP contribution >= 0.6 is 0 Å². The van der Waals surface area contributed by atoms with Gasteiger partial charge in [0.05, 0.1) is 5.69 Å².